The lowest BCUT2D eigenvalue weighted by Crippen LogP contribution is -2.16. The van der Waals surface area contributed by atoms with E-state index in [-0.39, 0.29) is 5.84 Å². The van der Waals surface area contributed by atoms with Gasteiger partial charge >= 0.3 is 0 Å². The smallest absolute Gasteiger partial charge is 0.142 e. The number of hydrogen-bond acceptors (Lipinski definition) is 3. The molecule has 0 bridgehead atoms. The number of rotatable bonds is 5. The molecule has 1 aromatic rings. The van der Waals surface area contributed by atoms with Gasteiger partial charge in [-0.25, -0.2) is 0 Å². The van der Waals surface area contributed by atoms with Crippen LogP contribution in [0.1, 0.15) is 36.9 Å². The molecule has 1 saturated carbocycles. The first-order valence-electron chi connectivity index (χ1n) is 6.13. The topological polar surface area (TPSA) is 72.0 Å². The molecule has 0 aliphatic heterocycles. The molecule has 0 atom stereocenters. The Morgan fingerprint density at radius 1 is 1.47 bits per heavy atom. The van der Waals surface area contributed by atoms with E-state index in [1.54, 1.807) is 6.20 Å². The zero-order chi connectivity index (χ0) is 12.1. The molecule has 1 aliphatic rings. The average Bonchev–Trinajstić information content (AvgIpc) is 2.82. The molecule has 0 radical (unpaired) electrons. The van der Waals surface area contributed by atoms with Crippen LogP contribution in [0.4, 0.5) is 0 Å². The summed E-state index contributed by atoms with van der Waals surface area (Å²) in [5, 5.41) is 7.44. The average molecular weight is 233 g/mol. The van der Waals surface area contributed by atoms with Crippen LogP contribution in [-0.2, 0) is 11.3 Å². The second-order valence-corrected chi connectivity index (χ2v) is 4.59. The minimum Gasteiger partial charge on any atom is -0.382 e. The van der Waals surface area contributed by atoms with E-state index in [4.69, 9.17) is 15.9 Å². The SMILES string of the molecule is N=C(N)c1ncccc1COCC1CCCC1. The quantitative estimate of drug-likeness (QED) is 0.604. The van der Waals surface area contributed by atoms with Gasteiger partial charge in [-0.1, -0.05) is 18.9 Å². The Hall–Kier alpha value is -1.42. The molecule has 4 nitrogen and oxygen atoms in total. The highest BCUT2D eigenvalue weighted by molar-refractivity contribution is 5.94. The first-order chi connectivity index (χ1) is 8.27. The van der Waals surface area contributed by atoms with Crippen molar-refractivity contribution in [3.05, 3.63) is 29.6 Å². The summed E-state index contributed by atoms with van der Waals surface area (Å²) in [6, 6.07) is 3.76. The van der Waals surface area contributed by atoms with Gasteiger partial charge in [0, 0.05) is 18.4 Å². The third-order valence-electron chi connectivity index (χ3n) is 3.23. The summed E-state index contributed by atoms with van der Waals surface area (Å²) < 4.78 is 5.70. The van der Waals surface area contributed by atoms with E-state index in [0.717, 1.165) is 12.2 Å². The lowest BCUT2D eigenvalue weighted by Gasteiger charge is -2.11. The van der Waals surface area contributed by atoms with Crippen molar-refractivity contribution in [3.63, 3.8) is 0 Å². The Bertz CT molecular complexity index is 386. The summed E-state index contributed by atoms with van der Waals surface area (Å²) in [6.07, 6.45) is 6.88. The van der Waals surface area contributed by atoms with Gasteiger partial charge < -0.3 is 10.5 Å². The Labute approximate surface area is 102 Å². The van der Waals surface area contributed by atoms with Gasteiger partial charge in [0.1, 0.15) is 11.5 Å². The second kappa shape index (κ2) is 5.77. The first kappa shape index (κ1) is 12.0. The molecule has 1 aromatic heterocycles. The normalized spacial score (nSPS) is 16.2. The zero-order valence-corrected chi connectivity index (χ0v) is 9.98. The minimum absolute atomic E-state index is 0.00469. The van der Waals surface area contributed by atoms with Crippen LogP contribution < -0.4 is 5.73 Å². The van der Waals surface area contributed by atoms with Gasteiger partial charge in [-0.05, 0) is 24.8 Å². The molecule has 0 amide bonds. The highest BCUT2D eigenvalue weighted by atomic mass is 16.5. The molecule has 0 saturated heterocycles. The van der Waals surface area contributed by atoms with E-state index < -0.39 is 0 Å². The fraction of sp³-hybridized carbons (Fsp3) is 0.538. The summed E-state index contributed by atoms with van der Waals surface area (Å²) >= 11 is 0. The van der Waals surface area contributed by atoms with Crippen molar-refractivity contribution in [1.82, 2.24) is 4.98 Å². The molecule has 1 fully saturated rings. The summed E-state index contributed by atoms with van der Waals surface area (Å²) in [7, 11) is 0. The fourth-order valence-corrected chi connectivity index (χ4v) is 2.31. The number of pyridine rings is 1. The van der Waals surface area contributed by atoms with E-state index in [2.05, 4.69) is 4.98 Å². The minimum atomic E-state index is 0.00469. The maximum atomic E-state index is 7.44. The van der Waals surface area contributed by atoms with Crippen LogP contribution >= 0.6 is 0 Å². The van der Waals surface area contributed by atoms with Gasteiger partial charge in [0.05, 0.1) is 6.61 Å². The van der Waals surface area contributed by atoms with Gasteiger partial charge in [-0.15, -0.1) is 0 Å². The van der Waals surface area contributed by atoms with E-state index >= 15 is 0 Å². The number of nitrogens with zero attached hydrogens (tertiary/aromatic N) is 1. The number of nitrogens with one attached hydrogen (secondary N) is 1. The van der Waals surface area contributed by atoms with Crippen LogP contribution in [0.2, 0.25) is 0 Å². The Kier molecular flexibility index (Phi) is 4.09. The number of hydrogen-bond donors (Lipinski definition) is 2. The predicted molar refractivity (Wildman–Crippen MR) is 66.9 cm³/mol. The van der Waals surface area contributed by atoms with Crippen molar-refractivity contribution in [3.8, 4) is 0 Å². The molecule has 0 aromatic carbocycles. The van der Waals surface area contributed by atoms with E-state index in [1.807, 2.05) is 12.1 Å². The van der Waals surface area contributed by atoms with Gasteiger partial charge in [0.25, 0.3) is 0 Å². The molecule has 17 heavy (non-hydrogen) atoms. The zero-order valence-electron chi connectivity index (χ0n) is 9.98. The summed E-state index contributed by atoms with van der Waals surface area (Å²) in [5.74, 6) is 0.720. The van der Waals surface area contributed by atoms with E-state index in [1.165, 1.54) is 25.7 Å². The van der Waals surface area contributed by atoms with Gasteiger partial charge in [-0.3, -0.25) is 10.4 Å². The lowest BCUT2D eigenvalue weighted by molar-refractivity contribution is 0.0886. The largest absolute Gasteiger partial charge is 0.382 e. The van der Waals surface area contributed by atoms with Crippen LogP contribution in [0.3, 0.4) is 0 Å². The van der Waals surface area contributed by atoms with Crippen molar-refractivity contribution >= 4 is 5.84 Å². The van der Waals surface area contributed by atoms with E-state index in [9.17, 15) is 0 Å². The molecular weight excluding hydrogens is 214 g/mol. The van der Waals surface area contributed by atoms with Crippen LogP contribution in [0.25, 0.3) is 0 Å². The van der Waals surface area contributed by atoms with Crippen molar-refractivity contribution in [2.45, 2.75) is 32.3 Å². The van der Waals surface area contributed by atoms with Crippen LogP contribution in [0, 0.1) is 11.3 Å². The third-order valence-corrected chi connectivity index (χ3v) is 3.23. The summed E-state index contributed by atoms with van der Waals surface area (Å²) in [5.41, 5.74) is 6.92. The molecule has 3 N–H and O–H groups in total. The van der Waals surface area contributed by atoms with Gasteiger partial charge in [0.15, 0.2) is 0 Å². The fourth-order valence-electron chi connectivity index (χ4n) is 2.31. The molecular formula is C13H19N3O. The van der Waals surface area contributed by atoms with Crippen molar-refractivity contribution in [2.75, 3.05) is 6.61 Å². The van der Waals surface area contributed by atoms with Crippen molar-refractivity contribution < 1.29 is 4.74 Å². The second-order valence-electron chi connectivity index (χ2n) is 4.59. The highest BCUT2D eigenvalue weighted by Crippen LogP contribution is 2.25. The van der Waals surface area contributed by atoms with Crippen LogP contribution in [0.5, 0.6) is 0 Å². The number of ether oxygens (including phenoxy) is 1. The standard InChI is InChI=1S/C13H19N3O/c14-13(15)12-11(6-3-7-16-12)9-17-8-10-4-1-2-5-10/h3,6-7,10H,1-2,4-5,8-9H2,(H3,14,15). The first-order valence-corrected chi connectivity index (χ1v) is 6.13. The van der Waals surface area contributed by atoms with Gasteiger partial charge in [0.2, 0.25) is 0 Å². The van der Waals surface area contributed by atoms with Crippen LogP contribution in [0.15, 0.2) is 18.3 Å². The molecule has 2 rings (SSSR count). The molecule has 0 unspecified atom stereocenters. The van der Waals surface area contributed by atoms with Crippen molar-refractivity contribution in [2.24, 2.45) is 11.7 Å². The number of nitrogens with two attached hydrogens (primary N) is 1. The maximum Gasteiger partial charge on any atom is 0.142 e. The Morgan fingerprint density at radius 3 is 2.94 bits per heavy atom. The molecule has 1 aliphatic carbocycles. The van der Waals surface area contributed by atoms with E-state index in [0.29, 0.717) is 18.2 Å². The summed E-state index contributed by atoms with van der Waals surface area (Å²) in [6.45, 7) is 1.31. The summed E-state index contributed by atoms with van der Waals surface area (Å²) in [4.78, 5) is 4.10. The Balaban J connectivity index is 1.87. The van der Waals surface area contributed by atoms with Gasteiger partial charge in [-0.2, -0.15) is 0 Å². The monoisotopic (exact) mass is 233 g/mol. The highest BCUT2D eigenvalue weighted by Gasteiger charge is 2.15. The number of aromatic nitrogens is 1. The van der Waals surface area contributed by atoms with Crippen molar-refractivity contribution in [1.29, 1.82) is 5.41 Å². The molecule has 4 heteroatoms. The molecule has 92 valence electrons. The number of nitrogen functional groups attached to an aromatic ring is 1. The lowest BCUT2D eigenvalue weighted by atomic mass is 10.1. The van der Waals surface area contributed by atoms with Crippen LogP contribution in [-0.4, -0.2) is 17.4 Å². The maximum absolute atomic E-state index is 7.44. The Morgan fingerprint density at radius 2 is 2.24 bits per heavy atom. The molecule has 1 heterocycles. The predicted octanol–water partition coefficient (Wildman–Crippen LogP) is 2.07. The number of amidine groups is 1. The molecule has 0 spiro atoms. The third kappa shape index (κ3) is 3.27.